The van der Waals surface area contributed by atoms with Gasteiger partial charge in [0.2, 0.25) is 0 Å². The van der Waals surface area contributed by atoms with E-state index < -0.39 is 0 Å². The van der Waals surface area contributed by atoms with Crippen molar-refractivity contribution in [2.45, 2.75) is 46.6 Å². The molecule has 0 spiro atoms. The van der Waals surface area contributed by atoms with Crippen LogP contribution in [-0.2, 0) is 6.42 Å². The Balaban J connectivity index is 2.41. The molecule has 0 saturated heterocycles. The molecule has 0 saturated carbocycles. The summed E-state index contributed by atoms with van der Waals surface area (Å²) in [6, 6.07) is 3.71. The third kappa shape index (κ3) is 2.78. The van der Waals surface area contributed by atoms with Crippen molar-refractivity contribution < 1.29 is 4.79 Å². The number of hydrogen-bond donors (Lipinski definition) is 1. The molecule has 0 unspecified atom stereocenters. The Hall–Kier alpha value is -1.84. The van der Waals surface area contributed by atoms with Gasteiger partial charge in [-0.3, -0.25) is 4.79 Å². The summed E-state index contributed by atoms with van der Waals surface area (Å²) >= 11 is 0. The summed E-state index contributed by atoms with van der Waals surface area (Å²) < 4.78 is 1.98. The van der Waals surface area contributed by atoms with Crippen LogP contribution < -0.4 is 5.32 Å². The van der Waals surface area contributed by atoms with E-state index in [1.807, 2.05) is 50.4 Å². The highest BCUT2D eigenvalue weighted by Gasteiger charge is 2.16. The molecule has 2 aromatic rings. The number of rotatable bonds is 2. The Bertz CT molecular complexity index is 620. The number of carbonyl (C=O) groups is 1. The van der Waals surface area contributed by atoms with E-state index in [0.29, 0.717) is 5.56 Å². The quantitative estimate of drug-likeness (QED) is 0.901. The highest BCUT2D eigenvalue weighted by Crippen LogP contribution is 2.14. The zero-order chi connectivity index (χ0) is 14.2. The Kier molecular flexibility index (Phi) is 3.35. The average Bonchev–Trinajstić information content (AvgIpc) is 2.63. The highest BCUT2D eigenvalue weighted by molar-refractivity contribution is 5.94. The van der Waals surface area contributed by atoms with Crippen molar-refractivity contribution in [2.24, 2.45) is 0 Å². The Morgan fingerprint density at radius 3 is 2.63 bits per heavy atom. The van der Waals surface area contributed by atoms with Crippen LogP contribution >= 0.6 is 0 Å². The first-order valence-corrected chi connectivity index (χ1v) is 6.62. The van der Waals surface area contributed by atoms with Crippen LogP contribution in [0.25, 0.3) is 5.65 Å². The van der Waals surface area contributed by atoms with Crippen molar-refractivity contribution >= 4 is 11.6 Å². The van der Waals surface area contributed by atoms with E-state index in [2.05, 4.69) is 17.2 Å². The molecule has 2 rings (SSSR count). The molecule has 4 heteroatoms. The van der Waals surface area contributed by atoms with Crippen molar-refractivity contribution in [1.29, 1.82) is 0 Å². The molecule has 19 heavy (non-hydrogen) atoms. The summed E-state index contributed by atoms with van der Waals surface area (Å²) in [5.41, 5.74) is 3.49. The van der Waals surface area contributed by atoms with Gasteiger partial charge >= 0.3 is 0 Å². The van der Waals surface area contributed by atoms with E-state index >= 15 is 0 Å². The molecule has 0 fully saturated rings. The number of nitrogens with zero attached hydrogens (tertiary/aromatic N) is 2. The number of pyridine rings is 1. The lowest BCUT2D eigenvalue weighted by molar-refractivity contribution is 0.0919. The number of imidazole rings is 1. The van der Waals surface area contributed by atoms with Gasteiger partial charge < -0.3 is 9.72 Å². The summed E-state index contributed by atoms with van der Waals surface area (Å²) in [6.07, 6.45) is 2.76. The van der Waals surface area contributed by atoms with E-state index in [1.54, 1.807) is 0 Å². The SMILES string of the molecule is CCc1nc2ccc(C(=O)NC(C)(C)C)cn2c1C. The normalized spacial score (nSPS) is 11.8. The standard InChI is InChI=1S/C15H21N3O/c1-6-12-10(2)18-9-11(7-8-13(18)16-12)14(19)17-15(3,4)5/h7-9H,6H2,1-5H3,(H,17,19). The first-order chi connectivity index (χ1) is 8.81. The predicted octanol–water partition coefficient (Wildman–Crippen LogP) is 2.73. The summed E-state index contributed by atoms with van der Waals surface area (Å²) in [5, 5.41) is 2.97. The molecule has 0 atom stereocenters. The molecular weight excluding hydrogens is 238 g/mol. The minimum absolute atomic E-state index is 0.0550. The molecule has 4 nitrogen and oxygen atoms in total. The number of carbonyl (C=O) groups excluding carboxylic acids is 1. The smallest absolute Gasteiger partial charge is 0.253 e. The van der Waals surface area contributed by atoms with Gasteiger partial charge in [0, 0.05) is 17.4 Å². The fourth-order valence-electron chi connectivity index (χ4n) is 2.09. The van der Waals surface area contributed by atoms with Crippen LogP contribution in [0.2, 0.25) is 0 Å². The zero-order valence-corrected chi connectivity index (χ0v) is 12.2. The maximum Gasteiger partial charge on any atom is 0.253 e. The second-order valence-corrected chi connectivity index (χ2v) is 5.85. The summed E-state index contributed by atoms with van der Waals surface area (Å²) in [5.74, 6) is -0.0550. The van der Waals surface area contributed by atoms with Crippen molar-refractivity contribution in [3.63, 3.8) is 0 Å². The third-order valence-corrected chi connectivity index (χ3v) is 3.04. The van der Waals surface area contributed by atoms with E-state index in [4.69, 9.17) is 0 Å². The molecule has 0 radical (unpaired) electrons. The second-order valence-electron chi connectivity index (χ2n) is 5.85. The maximum atomic E-state index is 12.1. The predicted molar refractivity (Wildman–Crippen MR) is 76.5 cm³/mol. The molecule has 0 aromatic carbocycles. The fraction of sp³-hybridized carbons (Fsp3) is 0.467. The molecule has 0 aliphatic rings. The van der Waals surface area contributed by atoms with E-state index in [9.17, 15) is 4.79 Å². The number of hydrogen-bond acceptors (Lipinski definition) is 2. The lowest BCUT2D eigenvalue weighted by Gasteiger charge is -2.20. The minimum Gasteiger partial charge on any atom is -0.347 e. The van der Waals surface area contributed by atoms with Gasteiger partial charge in [0.15, 0.2) is 0 Å². The first kappa shape index (κ1) is 13.6. The largest absolute Gasteiger partial charge is 0.347 e. The number of amides is 1. The lowest BCUT2D eigenvalue weighted by atomic mass is 10.1. The van der Waals surface area contributed by atoms with Crippen LogP contribution in [0.4, 0.5) is 0 Å². The fourth-order valence-corrected chi connectivity index (χ4v) is 2.09. The third-order valence-electron chi connectivity index (χ3n) is 3.04. The minimum atomic E-state index is -0.232. The number of fused-ring (bicyclic) bond motifs is 1. The van der Waals surface area contributed by atoms with Crippen LogP contribution in [-0.4, -0.2) is 20.8 Å². The molecule has 102 valence electrons. The topological polar surface area (TPSA) is 46.4 Å². The zero-order valence-electron chi connectivity index (χ0n) is 12.2. The van der Waals surface area contributed by atoms with E-state index in [0.717, 1.165) is 23.5 Å². The van der Waals surface area contributed by atoms with Crippen LogP contribution in [0.3, 0.4) is 0 Å². The van der Waals surface area contributed by atoms with Crippen molar-refractivity contribution in [3.8, 4) is 0 Å². The van der Waals surface area contributed by atoms with E-state index in [1.165, 1.54) is 0 Å². The monoisotopic (exact) mass is 259 g/mol. The van der Waals surface area contributed by atoms with Crippen LogP contribution in [0, 0.1) is 6.92 Å². The summed E-state index contributed by atoms with van der Waals surface area (Å²) in [4.78, 5) is 16.7. The van der Waals surface area contributed by atoms with Crippen LogP contribution in [0.5, 0.6) is 0 Å². The maximum absolute atomic E-state index is 12.1. The van der Waals surface area contributed by atoms with Gasteiger partial charge in [-0.2, -0.15) is 0 Å². The molecule has 0 bridgehead atoms. The number of nitrogens with one attached hydrogen (secondary N) is 1. The molecule has 0 aliphatic heterocycles. The lowest BCUT2D eigenvalue weighted by Crippen LogP contribution is -2.40. The Morgan fingerprint density at radius 2 is 2.05 bits per heavy atom. The first-order valence-electron chi connectivity index (χ1n) is 6.62. The van der Waals surface area contributed by atoms with Crippen LogP contribution in [0.15, 0.2) is 18.3 Å². The summed E-state index contributed by atoms with van der Waals surface area (Å²) in [7, 11) is 0. The molecule has 2 aromatic heterocycles. The molecular formula is C15H21N3O. The van der Waals surface area contributed by atoms with Gasteiger partial charge in [-0.25, -0.2) is 4.98 Å². The Labute approximate surface area is 113 Å². The molecule has 2 heterocycles. The molecule has 1 amide bonds. The number of aryl methyl sites for hydroxylation is 2. The second kappa shape index (κ2) is 4.68. The average molecular weight is 259 g/mol. The molecule has 0 aliphatic carbocycles. The van der Waals surface area contributed by atoms with Gasteiger partial charge in [-0.15, -0.1) is 0 Å². The van der Waals surface area contributed by atoms with Crippen LogP contribution in [0.1, 0.15) is 49.4 Å². The number of aromatic nitrogens is 2. The molecule has 1 N–H and O–H groups in total. The van der Waals surface area contributed by atoms with Crippen molar-refractivity contribution in [2.75, 3.05) is 0 Å². The highest BCUT2D eigenvalue weighted by atomic mass is 16.1. The van der Waals surface area contributed by atoms with Gasteiger partial charge in [0.25, 0.3) is 5.91 Å². The van der Waals surface area contributed by atoms with E-state index in [-0.39, 0.29) is 11.4 Å². The van der Waals surface area contributed by atoms with Gasteiger partial charge in [0.05, 0.1) is 11.3 Å². The van der Waals surface area contributed by atoms with Gasteiger partial charge in [-0.05, 0) is 46.2 Å². The van der Waals surface area contributed by atoms with Gasteiger partial charge in [-0.1, -0.05) is 6.92 Å². The Morgan fingerprint density at radius 1 is 1.37 bits per heavy atom. The van der Waals surface area contributed by atoms with Crippen molar-refractivity contribution in [1.82, 2.24) is 14.7 Å². The van der Waals surface area contributed by atoms with Crippen molar-refractivity contribution in [3.05, 3.63) is 35.3 Å². The van der Waals surface area contributed by atoms with Gasteiger partial charge in [0.1, 0.15) is 5.65 Å². The summed E-state index contributed by atoms with van der Waals surface area (Å²) in [6.45, 7) is 10.0.